The van der Waals surface area contributed by atoms with Crippen molar-refractivity contribution in [1.29, 1.82) is 0 Å². The second-order valence-electron chi connectivity index (χ2n) is 6.02. The fraction of sp³-hybridized carbons (Fsp3) is 0.316. The number of hydrogen-bond acceptors (Lipinski definition) is 3. The maximum absolute atomic E-state index is 10.3. The SMILES string of the molecule is C[C@@H](C[C@H](O)c1ccccc1)NCc1nc2ccccc2n1C. The van der Waals surface area contributed by atoms with Gasteiger partial charge in [0.1, 0.15) is 5.82 Å². The van der Waals surface area contributed by atoms with Crippen molar-refractivity contribution in [1.82, 2.24) is 14.9 Å². The Bertz CT molecular complexity index is 767. The maximum Gasteiger partial charge on any atom is 0.123 e. The van der Waals surface area contributed by atoms with Gasteiger partial charge in [-0.3, -0.25) is 0 Å². The van der Waals surface area contributed by atoms with Gasteiger partial charge >= 0.3 is 0 Å². The number of aliphatic hydroxyl groups is 1. The largest absolute Gasteiger partial charge is 0.388 e. The van der Waals surface area contributed by atoms with Gasteiger partial charge in [0.25, 0.3) is 0 Å². The average molecular weight is 309 g/mol. The van der Waals surface area contributed by atoms with E-state index < -0.39 is 6.10 Å². The molecular formula is C19H23N3O. The lowest BCUT2D eigenvalue weighted by Crippen LogP contribution is -2.28. The van der Waals surface area contributed by atoms with E-state index in [2.05, 4.69) is 27.9 Å². The molecule has 3 aromatic rings. The summed E-state index contributed by atoms with van der Waals surface area (Å²) in [5.74, 6) is 1.01. The zero-order chi connectivity index (χ0) is 16.2. The number of nitrogens with zero attached hydrogens (tertiary/aromatic N) is 2. The lowest BCUT2D eigenvalue weighted by molar-refractivity contribution is 0.153. The van der Waals surface area contributed by atoms with Crippen molar-refractivity contribution >= 4 is 11.0 Å². The van der Waals surface area contributed by atoms with Crippen LogP contribution in [0.4, 0.5) is 0 Å². The highest BCUT2D eigenvalue weighted by Crippen LogP contribution is 2.18. The molecule has 3 rings (SSSR count). The van der Waals surface area contributed by atoms with Crippen LogP contribution in [0, 0.1) is 0 Å². The minimum atomic E-state index is -0.445. The number of aryl methyl sites for hydroxylation is 1. The predicted octanol–water partition coefficient (Wildman–Crippen LogP) is 3.18. The fourth-order valence-electron chi connectivity index (χ4n) is 2.85. The summed E-state index contributed by atoms with van der Waals surface area (Å²) in [7, 11) is 2.04. The summed E-state index contributed by atoms with van der Waals surface area (Å²) in [6.45, 7) is 2.78. The summed E-state index contributed by atoms with van der Waals surface area (Å²) in [5, 5.41) is 13.8. The molecule has 0 radical (unpaired) electrons. The molecule has 120 valence electrons. The number of fused-ring (bicyclic) bond motifs is 1. The van der Waals surface area contributed by atoms with E-state index in [0.717, 1.165) is 22.4 Å². The Morgan fingerprint density at radius 1 is 1.09 bits per heavy atom. The number of para-hydroxylation sites is 2. The molecule has 0 saturated carbocycles. The van der Waals surface area contributed by atoms with Gasteiger partial charge in [0.2, 0.25) is 0 Å². The summed E-state index contributed by atoms with van der Waals surface area (Å²) in [6.07, 6.45) is 0.229. The Labute approximate surface area is 136 Å². The molecule has 0 fully saturated rings. The first-order valence-electron chi connectivity index (χ1n) is 8.02. The van der Waals surface area contributed by atoms with Crippen molar-refractivity contribution in [2.45, 2.75) is 32.0 Å². The molecule has 2 aromatic carbocycles. The van der Waals surface area contributed by atoms with Crippen LogP contribution in [0.1, 0.15) is 30.8 Å². The zero-order valence-corrected chi connectivity index (χ0v) is 13.6. The zero-order valence-electron chi connectivity index (χ0n) is 13.6. The van der Waals surface area contributed by atoms with Crippen LogP contribution in [0.25, 0.3) is 11.0 Å². The molecule has 0 unspecified atom stereocenters. The Morgan fingerprint density at radius 3 is 2.52 bits per heavy atom. The van der Waals surface area contributed by atoms with Gasteiger partial charge in [0.15, 0.2) is 0 Å². The van der Waals surface area contributed by atoms with Crippen LogP contribution in [0.2, 0.25) is 0 Å². The third kappa shape index (κ3) is 3.60. The second kappa shape index (κ2) is 6.94. The summed E-state index contributed by atoms with van der Waals surface area (Å²) in [4.78, 5) is 4.66. The molecule has 0 aliphatic carbocycles. The first kappa shape index (κ1) is 15.7. The molecule has 0 saturated heterocycles. The van der Waals surface area contributed by atoms with Crippen molar-refractivity contribution in [3.63, 3.8) is 0 Å². The molecule has 23 heavy (non-hydrogen) atoms. The average Bonchev–Trinajstić information content (AvgIpc) is 2.90. The quantitative estimate of drug-likeness (QED) is 0.735. The maximum atomic E-state index is 10.3. The minimum Gasteiger partial charge on any atom is -0.388 e. The second-order valence-corrected chi connectivity index (χ2v) is 6.02. The van der Waals surface area contributed by atoms with Crippen LogP contribution in [0.5, 0.6) is 0 Å². The number of imidazole rings is 1. The van der Waals surface area contributed by atoms with Crippen LogP contribution in [0.15, 0.2) is 54.6 Å². The van der Waals surface area contributed by atoms with Crippen molar-refractivity contribution in [3.8, 4) is 0 Å². The predicted molar refractivity (Wildman–Crippen MR) is 93.0 cm³/mol. The molecule has 0 bridgehead atoms. The number of nitrogens with one attached hydrogen (secondary N) is 1. The molecule has 0 aliphatic rings. The van der Waals surface area contributed by atoms with Gasteiger partial charge < -0.3 is 15.0 Å². The summed E-state index contributed by atoms with van der Waals surface area (Å²) < 4.78 is 2.11. The van der Waals surface area contributed by atoms with Gasteiger partial charge in [-0.15, -0.1) is 0 Å². The van der Waals surface area contributed by atoms with Crippen LogP contribution in [-0.2, 0) is 13.6 Å². The van der Waals surface area contributed by atoms with Gasteiger partial charge in [-0.2, -0.15) is 0 Å². The Kier molecular flexibility index (Phi) is 4.74. The monoisotopic (exact) mass is 309 g/mol. The van der Waals surface area contributed by atoms with E-state index in [1.54, 1.807) is 0 Å². The number of rotatable bonds is 6. The normalized spacial score (nSPS) is 14.0. The molecule has 1 aromatic heterocycles. The third-order valence-electron chi connectivity index (χ3n) is 4.25. The number of aliphatic hydroxyl groups excluding tert-OH is 1. The highest BCUT2D eigenvalue weighted by atomic mass is 16.3. The first-order valence-corrected chi connectivity index (χ1v) is 8.02. The van der Waals surface area contributed by atoms with Gasteiger partial charge in [-0.1, -0.05) is 42.5 Å². The van der Waals surface area contributed by atoms with Crippen molar-refractivity contribution < 1.29 is 5.11 Å². The highest BCUT2D eigenvalue weighted by molar-refractivity contribution is 5.75. The van der Waals surface area contributed by atoms with Crippen LogP contribution in [0.3, 0.4) is 0 Å². The summed E-state index contributed by atoms with van der Waals surface area (Å²) >= 11 is 0. The smallest absolute Gasteiger partial charge is 0.123 e. The van der Waals surface area contributed by atoms with E-state index in [4.69, 9.17) is 0 Å². The molecule has 1 heterocycles. The Hall–Kier alpha value is -2.17. The Balaban J connectivity index is 1.60. The van der Waals surface area contributed by atoms with E-state index >= 15 is 0 Å². The molecule has 0 spiro atoms. The number of aromatic nitrogens is 2. The van der Waals surface area contributed by atoms with Gasteiger partial charge in [-0.25, -0.2) is 4.98 Å². The fourth-order valence-corrected chi connectivity index (χ4v) is 2.85. The first-order chi connectivity index (χ1) is 11.1. The van der Waals surface area contributed by atoms with Crippen LogP contribution >= 0.6 is 0 Å². The standard InChI is InChI=1S/C19H23N3O/c1-14(12-18(23)15-8-4-3-5-9-15)20-13-19-21-16-10-6-7-11-17(16)22(19)2/h3-11,14,18,20,23H,12-13H2,1-2H3/t14-,18-/m0/s1. The minimum absolute atomic E-state index is 0.199. The number of hydrogen-bond donors (Lipinski definition) is 2. The lowest BCUT2D eigenvalue weighted by Gasteiger charge is -2.18. The molecule has 4 heteroatoms. The van der Waals surface area contributed by atoms with Crippen LogP contribution < -0.4 is 5.32 Å². The molecule has 0 aliphatic heterocycles. The Morgan fingerprint density at radius 2 is 1.78 bits per heavy atom. The molecule has 2 N–H and O–H groups in total. The lowest BCUT2D eigenvalue weighted by atomic mass is 10.0. The van der Waals surface area contributed by atoms with Crippen molar-refractivity contribution in [3.05, 3.63) is 66.0 Å². The van der Waals surface area contributed by atoms with Crippen molar-refractivity contribution in [2.24, 2.45) is 7.05 Å². The molecule has 4 nitrogen and oxygen atoms in total. The van der Waals surface area contributed by atoms with E-state index in [0.29, 0.717) is 13.0 Å². The molecule has 2 atom stereocenters. The summed E-state index contributed by atoms with van der Waals surface area (Å²) in [6, 6.07) is 18.1. The van der Waals surface area contributed by atoms with E-state index in [9.17, 15) is 5.11 Å². The van der Waals surface area contributed by atoms with E-state index in [-0.39, 0.29) is 6.04 Å². The topological polar surface area (TPSA) is 50.1 Å². The van der Waals surface area contributed by atoms with E-state index in [1.807, 2.05) is 55.6 Å². The number of benzene rings is 2. The van der Waals surface area contributed by atoms with Crippen LogP contribution in [-0.4, -0.2) is 20.7 Å². The van der Waals surface area contributed by atoms with Gasteiger partial charge in [0.05, 0.1) is 23.7 Å². The van der Waals surface area contributed by atoms with Gasteiger partial charge in [0, 0.05) is 13.1 Å². The van der Waals surface area contributed by atoms with Crippen molar-refractivity contribution in [2.75, 3.05) is 0 Å². The van der Waals surface area contributed by atoms with Gasteiger partial charge in [-0.05, 0) is 31.0 Å². The molecular weight excluding hydrogens is 286 g/mol. The summed E-state index contributed by atoms with van der Waals surface area (Å²) in [5.41, 5.74) is 3.12. The van der Waals surface area contributed by atoms with E-state index in [1.165, 1.54) is 0 Å². The highest BCUT2D eigenvalue weighted by Gasteiger charge is 2.13. The molecule has 0 amide bonds. The third-order valence-corrected chi connectivity index (χ3v) is 4.25.